The van der Waals surface area contributed by atoms with E-state index in [-0.39, 0.29) is 22.4 Å². The second kappa shape index (κ2) is 8.51. The van der Waals surface area contributed by atoms with E-state index in [0.717, 1.165) is 16.9 Å². The number of carbonyl (C=O) groups is 1. The third kappa shape index (κ3) is 4.32. The molecule has 4 aromatic rings. The first-order chi connectivity index (χ1) is 14.6. The molecule has 2 heterocycles. The molecule has 0 aliphatic rings. The minimum atomic E-state index is -0.330. The van der Waals surface area contributed by atoms with Crippen molar-refractivity contribution in [1.82, 2.24) is 10.2 Å². The van der Waals surface area contributed by atoms with Gasteiger partial charge in [-0.1, -0.05) is 29.5 Å². The Balaban J connectivity index is 1.52. The van der Waals surface area contributed by atoms with Crippen LogP contribution in [0.25, 0.3) is 23.0 Å². The highest BCUT2D eigenvalue weighted by Crippen LogP contribution is 2.27. The third-order valence-electron chi connectivity index (χ3n) is 4.07. The van der Waals surface area contributed by atoms with Gasteiger partial charge in [-0.15, -0.1) is 10.2 Å². The molecular formula is C22H13FN4O2S. The van der Waals surface area contributed by atoms with E-state index < -0.39 is 0 Å². The number of nitrogens with one attached hydrogen (secondary N) is 1. The second-order valence-corrected chi connectivity index (χ2v) is 7.09. The van der Waals surface area contributed by atoms with E-state index in [1.807, 2.05) is 6.07 Å². The molecule has 0 saturated heterocycles. The molecule has 0 unspecified atom stereocenters. The van der Waals surface area contributed by atoms with Gasteiger partial charge in [0.2, 0.25) is 5.13 Å². The number of hydrogen-bond acceptors (Lipinski definition) is 6. The molecule has 0 bridgehead atoms. The van der Waals surface area contributed by atoms with E-state index >= 15 is 0 Å². The maximum Gasteiger partial charge on any atom is 0.257 e. The van der Waals surface area contributed by atoms with Crippen LogP contribution in [-0.2, 0) is 0 Å². The first kappa shape index (κ1) is 19.2. The Bertz CT molecular complexity index is 1250. The fourth-order valence-corrected chi connectivity index (χ4v) is 3.33. The van der Waals surface area contributed by atoms with Crippen LogP contribution in [0.4, 0.5) is 9.52 Å². The highest BCUT2D eigenvalue weighted by atomic mass is 32.1. The number of allylic oxidation sites excluding steroid dienone is 1. The highest BCUT2D eigenvalue weighted by Gasteiger charge is 2.13. The summed E-state index contributed by atoms with van der Waals surface area (Å²) in [6, 6.07) is 20.1. The molecule has 1 N–H and O–H groups in total. The molecule has 4 rings (SSSR count). The number of aromatic nitrogens is 2. The van der Waals surface area contributed by atoms with Crippen LogP contribution in [0.15, 0.2) is 71.1 Å². The average Bonchev–Trinajstić information content (AvgIpc) is 3.43. The Morgan fingerprint density at radius 2 is 1.83 bits per heavy atom. The highest BCUT2D eigenvalue weighted by molar-refractivity contribution is 7.16. The van der Waals surface area contributed by atoms with Gasteiger partial charge in [-0.2, -0.15) is 5.26 Å². The molecule has 8 heteroatoms. The van der Waals surface area contributed by atoms with Gasteiger partial charge in [0.25, 0.3) is 5.91 Å². The normalized spacial score (nSPS) is 11.1. The monoisotopic (exact) mass is 416 g/mol. The number of nitrogens with zero attached hydrogens (tertiary/aromatic N) is 3. The minimum Gasteiger partial charge on any atom is -0.457 e. The van der Waals surface area contributed by atoms with Gasteiger partial charge in [-0.3, -0.25) is 10.1 Å². The van der Waals surface area contributed by atoms with Crippen LogP contribution in [0.1, 0.15) is 21.1 Å². The van der Waals surface area contributed by atoms with Crippen molar-refractivity contribution >= 4 is 34.0 Å². The van der Waals surface area contributed by atoms with Crippen molar-refractivity contribution in [2.45, 2.75) is 0 Å². The van der Waals surface area contributed by atoms with Crippen LogP contribution in [0.5, 0.6) is 0 Å². The largest absolute Gasteiger partial charge is 0.457 e. The second-order valence-electron chi connectivity index (χ2n) is 6.11. The molecular weight excluding hydrogens is 403 g/mol. The smallest absolute Gasteiger partial charge is 0.257 e. The lowest BCUT2D eigenvalue weighted by Crippen LogP contribution is -2.11. The van der Waals surface area contributed by atoms with Gasteiger partial charge in [-0.25, -0.2) is 4.39 Å². The van der Waals surface area contributed by atoms with E-state index in [1.54, 1.807) is 48.5 Å². The third-order valence-corrected chi connectivity index (χ3v) is 4.95. The van der Waals surface area contributed by atoms with Crippen molar-refractivity contribution in [3.63, 3.8) is 0 Å². The number of hydrogen-bond donors (Lipinski definition) is 1. The summed E-state index contributed by atoms with van der Waals surface area (Å²) in [5, 5.41) is 20.7. The van der Waals surface area contributed by atoms with Crippen molar-refractivity contribution < 1.29 is 13.6 Å². The van der Waals surface area contributed by atoms with Crippen LogP contribution in [-0.4, -0.2) is 16.1 Å². The number of halogens is 1. The van der Waals surface area contributed by atoms with E-state index in [0.29, 0.717) is 22.1 Å². The number of rotatable bonds is 5. The predicted molar refractivity (Wildman–Crippen MR) is 112 cm³/mol. The van der Waals surface area contributed by atoms with Gasteiger partial charge in [0.1, 0.15) is 23.4 Å². The SMILES string of the molecule is N#CC(=Cc1ccc(-c2ccc(F)cc2)o1)c1nnc(NC(=O)c2ccccc2)s1. The van der Waals surface area contributed by atoms with Crippen molar-refractivity contribution in [2.75, 3.05) is 5.32 Å². The van der Waals surface area contributed by atoms with E-state index in [1.165, 1.54) is 18.2 Å². The summed E-state index contributed by atoms with van der Waals surface area (Å²) in [5.41, 5.74) is 1.46. The van der Waals surface area contributed by atoms with E-state index in [9.17, 15) is 14.4 Å². The summed E-state index contributed by atoms with van der Waals surface area (Å²) < 4.78 is 18.8. The number of carbonyl (C=O) groups excluding carboxylic acids is 1. The van der Waals surface area contributed by atoms with Crippen LogP contribution in [0, 0.1) is 17.1 Å². The summed E-state index contributed by atoms with van der Waals surface area (Å²) in [7, 11) is 0. The maximum absolute atomic E-state index is 13.1. The van der Waals surface area contributed by atoms with Crippen LogP contribution < -0.4 is 5.32 Å². The quantitative estimate of drug-likeness (QED) is 0.449. The van der Waals surface area contributed by atoms with Gasteiger partial charge < -0.3 is 4.42 Å². The van der Waals surface area contributed by atoms with E-state index in [2.05, 4.69) is 21.6 Å². The zero-order chi connectivity index (χ0) is 20.9. The molecule has 6 nitrogen and oxygen atoms in total. The molecule has 1 amide bonds. The summed E-state index contributed by atoms with van der Waals surface area (Å²) in [6.07, 6.45) is 1.54. The van der Waals surface area contributed by atoms with E-state index in [4.69, 9.17) is 4.42 Å². The Hall–Kier alpha value is -4.09. The summed E-state index contributed by atoms with van der Waals surface area (Å²) in [6.45, 7) is 0. The number of furan rings is 1. The molecule has 0 radical (unpaired) electrons. The topological polar surface area (TPSA) is 91.8 Å². The standard InChI is InChI=1S/C22H13FN4O2S/c23-17-8-6-14(7-9-17)19-11-10-18(29-19)12-16(13-24)21-26-27-22(30-21)25-20(28)15-4-2-1-3-5-15/h1-12H,(H,25,27,28). The van der Waals surface area contributed by atoms with Crippen molar-refractivity contribution in [2.24, 2.45) is 0 Å². The molecule has 0 fully saturated rings. The predicted octanol–water partition coefficient (Wildman–Crippen LogP) is 5.25. The Morgan fingerprint density at radius 1 is 1.07 bits per heavy atom. The fraction of sp³-hybridized carbons (Fsp3) is 0. The Kier molecular flexibility index (Phi) is 5.46. The van der Waals surface area contributed by atoms with Crippen molar-refractivity contribution in [3.05, 3.63) is 88.9 Å². The molecule has 0 aliphatic heterocycles. The Labute approximate surface area is 174 Å². The Morgan fingerprint density at radius 3 is 2.57 bits per heavy atom. The molecule has 30 heavy (non-hydrogen) atoms. The molecule has 2 aromatic carbocycles. The van der Waals surface area contributed by atoms with Gasteiger partial charge >= 0.3 is 0 Å². The minimum absolute atomic E-state index is 0.243. The number of nitriles is 1. The maximum atomic E-state index is 13.1. The fourth-order valence-electron chi connectivity index (χ4n) is 2.63. The molecule has 0 saturated carbocycles. The zero-order valence-corrected chi connectivity index (χ0v) is 16.2. The zero-order valence-electron chi connectivity index (χ0n) is 15.4. The summed E-state index contributed by atoms with van der Waals surface area (Å²) in [5.74, 6) is 0.349. The van der Waals surface area contributed by atoms with Gasteiger partial charge in [-0.05, 0) is 48.5 Å². The molecule has 0 atom stereocenters. The van der Waals surface area contributed by atoms with Gasteiger partial charge in [0.05, 0.1) is 5.57 Å². The lowest BCUT2D eigenvalue weighted by molar-refractivity contribution is 0.102. The van der Waals surface area contributed by atoms with Gasteiger partial charge in [0, 0.05) is 17.2 Å². The van der Waals surface area contributed by atoms with Crippen LogP contribution in [0.2, 0.25) is 0 Å². The van der Waals surface area contributed by atoms with Crippen molar-refractivity contribution in [3.8, 4) is 17.4 Å². The number of anilines is 1. The number of benzene rings is 2. The molecule has 0 aliphatic carbocycles. The first-order valence-corrected chi connectivity index (χ1v) is 9.62. The molecule has 0 spiro atoms. The molecule has 2 aromatic heterocycles. The number of amides is 1. The summed E-state index contributed by atoms with van der Waals surface area (Å²) in [4.78, 5) is 12.2. The first-order valence-electron chi connectivity index (χ1n) is 8.80. The van der Waals surface area contributed by atoms with Crippen LogP contribution in [0.3, 0.4) is 0 Å². The lowest BCUT2D eigenvalue weighted by atomic mass is 10.2. The lowest BCUT2D eigenvalue weighted by Gasteiger charge is -1.99. The summed E-state index contributed by atoms with van der Waals surface area (Å²) >= 11 is 1.08. The van der Waals surface area contributed by atoms with Gasteiger partial charge in [0.15, 0.2) is 5.01 Å². The van der Waals surface area contributed by atoms with Crippen LogP contribution >= 0.6 is 11.3 Å². The molecule has 146 valence electrons. The van der Waals surface area contributed by atoms with Crippen molar-refractivity contribution in [1.29, 1.82) is 5.26 Å². The average molecular weight is 416 g/mol.